The van der Waals surface area contributed by atoms with Crippen molar-refractivity contribution < 1.29 is 4.74 Å². The molecule has 5 nitrogen and oxygen atoms in total. The molecule has 0 saturated carbocycles. The zero-order valence-corrected chi connectivity index (χ0v) is 14.2. The van der Waals surface area contributed by atoms with Gasteiger partial charge in [-0.2, -0.15) is 0 Å². The van der Waals surface area contributed by atoms with Gasteiger partial charge in [0, 0.05) is 31.6 Å². The highest BCUT2D eigenvalue weighted by molar-refractivity contribution is 5.91. The first-order valence-corrected chi connectivity index (χ1v) is 8.41. The average molecular weight is 314 g/mol. The van der Waals surface area contributed by atoms with Crippen LogP contribution in [0.15, 0.2) is 24.5 Å². The highest BCUT2D eigenvalue weighted by Crippen LogP contribution is 2.23. The van der Waals surface area contributed by atoms with E-state index in [1.54, 1.807) is 6.33 Å². The van der Waals surface area contributed by atoms with Crippen LogP contribution < -0.4 is 5.32 Å². The van der Waals surface area contributed by atoms with Gasteiger partial charge in [-0.05, 0) is 24.5 Å². The molecule has 1 aromatic carbocycles. The van der Waals surface area contributed by atoms with Gasteiger partial charge in [0.2, 0.25) is 0 Å². The van der Waals surface area contributed by atoms with Gasteiger partial charge in [0.05, 0.1) is 18.2 Å². The monoisotopic (exact) mass is 314 g/mol. The average Bonchev–Trinajstić information content (AvgIpc) is 2.53. The molecule has 3 rings (SSSR count). The van der Waals surface area contributed by atoms with Crippen LogP contribution in [0.5, 0.6) is 0 Å². The van der Waals surface area contributed by atoms with Crippen LogP contribution in [0, 0.1) is 12.8 Å². The van der Waals surface area contributed by atoms with Gasteiger partial charge in [-0.1, -0.05) is 26.0 Å². The van der Waals surface area contributed by atoms with Gasteiger partial charge < -0.3 is 10.1 Å². The van der Waals surface area contributed by atoms with Gasteiger partial charge in [-0.15, -0.1) is 0 Å². The largest absolute Gasteiger partial charge is 0.374 e. The summed E-state index contributed by atoms with van der Waals surface area (Å²) in [5.74, 6) is 1.59. The fourth-order valence-electron chi connectivity index (χ4n) is 3.21. The van der Waals surface area contributed by atoms with Crippen LogP contribution in [-0.4, -0.2) is 53.8 Å². The van der Waals surface area contributed by atoms with Gasteiger partial charge >= 0.3 is 0 Å². The van der Waals surface area contributed by atoms with Crippen LogP contribution in [0.4, 0.5) is 5.82 Å². The molecule has 2 heterocycles. The molecule has 1 atom stereocenters. The molecule has 1 aliphatic rings. The first-order chi connectivity index (χ1) is 11.1. The Kier molecular flexibility index (Phi) is 5.08. The van der Waals surface area contributed by atoms with E-state index >= 15 is 0 Å². The minimum atomic E-state index is 0.205. The number of hydrogen-bond donors (Lipinski definition) is 1. The summed E-state index contributed by atoms with van der Waals surface area (Å²) in [6.07, 6.45) is 1.83. The van der Waals surface area contributed by atoms with Crippen molar-refractivity contribution in [1.82, 2.24) is 14.9 Å². The van der Waals surface area contributed by atoms with E-state index in [2.05, 4.69) is 47.0 Å². The van der Waals surface area contributed by atoms with Crippen LogP contribution in [0.25, 0.3) is 10.9 Å². The number of hydrogen-bond acceptors (Lipinski definition) is 5. The van der Waals surface area contributed by atoms with Gasteiger partial charge in [-0.25, -0.2) is 9.97 Å². The molecule has 1 unspecified atom stereocenters. The topological polar surface area (TPSA) is 50.3 Å². The SMILES string of the molecule is Cc1cccc2ncnc(NCC3CN(CC(C)C)CCO3)c12. The van der Waals surface area contributed by atoms with Crippen LogP contribution in [0.2, 0.25) is 0 Å². The summed E-state index contributed by atoms with van der Waals surface area (Å²) < 4.78 is 5.91. The Morgan fingerprint density at radius 2 is 2.22 bits per heavy atom. The van der Waals surface area contributed by atoms with E-state index < -0.39 is 0 Å². The third-order valence-corrected chi connectivity index (χ3v) is 4.21. The highest BCUT2D eigenvalue weighted by atomic mass is 16.5. The number of morpholine rings is 1. The third kappa shape index (κ3) is 3.98. The Morgan fingerprint density at radius 1 is 1.35 bits per heavy atom. The van der Waals surface area contributed by atoms with E-state index in [0.717, 1.165) is 49.5 Å². The second-order valence-electron chi connectivity index (χ2n) is 6.72. The molecule has 1 aromatic heterocycles. The van der Waals surface area contributed by atoms with E-state index in [9.17, 15) is 0 Å². The fourth-order valence-corrected chi connectivity index (χ4v) is 3.21. The molecular weight excluding hydrogens is 288 g/mol. The first kappa shape index (κ1) is 16.1. The van der Waals surface area contributed by atoms with E-state index in [-0.39, 0.29) is 6.10 Å². The summed E-state index contributed by atoms with van der Waals surface area (Å²) in [4.78, 5) is 11.3. The molecule has 0 spiro atoms. The van der Waals surface area contributed by atoms with E-state index in [1.807, 2.05) is 12.1 Å². The Morgan fingerprint density at radius 3 is 3.04 bits per heavy atom. The number of fused-ring (bicyclic) bond motifs is 1. The highest BCUT2D eigenvalue weighted by Gasteiger charge is 2.21. The number of aromatic nitrogens is 2. The van der Waals surface area contributed by atoms with Crippen LogP contribution in [-0.2, 0) is 4.74 Å². The molecule has 1 fully saturated rings. The first-order valence-electron chi connectivity index (χ1n) is 8.41. The van der Waals surface area contributed by atoms with Crippen LogP contribution in [0.1, 0.15) is 19.4 Å². The minimum absolute atomic E-state index is 0.205. The molecule has 1 N–H and O–H groups in total. The molecule has 23 heavy (non-hydrogen) atoms. The number of anilines is 1. The predicted molar refractivity (Wildman–Crippen MR) is 93.8 cm³/mol. The van der Waals surface area contributed by atoms with Crippen LogP contribution >= 0.6 is 0 Å². The zero-order valence-electron chi connectivity index (χ0n) is 14.2. The standard InChI is InChI=1S/C18H26N4O/c1-13(2)10-22-7-8-23-15(11-22)9-19-18-17-14(3)5-4-6-16(17)20-12-21-18/h4-6,12-13,15H,7-11H2,1-3H3,(H,19,20,21). The smallest absolute Gasteiger partial charge is 0.137 e. The van der Waals surface area contributed by atoms with Crippen molar-refractivity contribution in [2.45, 2.75) is 26.9 Å². The lowest BCUT2D eigenvalue weighted by molar-refractivity contribution is -0.0244. The lowest BCUT2D eigenvalue weighted by Crippen LogP contribution is -2.46. The van der Waals surface area contributed by atoms with Gasteiger partial charge in [0.15, 0.2) is 0 Å². The van der Waals surface area contributed by atoms with E-state index in [1.165, 1.54) is 5.56 Å². The van der Waals surface area contributed by atoms with Crippen molar-refractivity contribution in [2.75, 3.05) is 38.1 Å². The summed E-state index contributed by atoms with van der Waals surface area (Å²) in [6.45, 7) is 11.3. The number of nitrogens with one attached hydrogen (secondary N) is 1. The summed E-state index contributed by atoms with van der Waals surface area (Å²) in [5.41, 5.74) is 2.17. The van der Waals surface area contributed by atoms with Crippen molar-refractivity contribution in [2.24, 2.45) is 5.92 Å². The molecule has 5 heteroatoms. The Hall–Kier alpha value is -1.72. The molecule has 0 radical (unpaired) electrons. The quantitative estimate of drug-likeness (QED) is 0.919. The maximum absolute atomic E-state index is 5.91. The van der Waals surface area contributed by atoms with Gasteiger partial charge in [0.1, 0.15) is 12.1 Å². The molecule has 124 valence electrons. The number of ether oxygens (including phenoxy) is 1. The normalized spacial score (nSPS) is 19.4. The lowest BCUT2D eigenvalue weighted by atomic mass is 10.1. The number of nitrogens with zero attached hydrogens (tertiary/aromatic N) is 3. The lowest BCUT2D eigenvalue weighted by Gasteiger charge is -2.34. The second-order valence-corrected chi connectivity index (χ2v) is 6.72. The van der Waals surface area contributed by atoms with Gasteiger partial charge in [-0.3, -0.25) is 4.90 Å². The molecule has 1 saturated heterocycles. The number of aryl methyl sites for hydroxylation is 1. The Bertz CT molecular complexity index is 653. The molecular formula is C18H26N4O. The maximum Gasteiger partial charge on any atom is 0.137 e. The Balaban J connectivity index is 1.67. The summed E-state index contributed by atoms with van der Waals surface area (Å²) in [6, 6.07) is 6.15. The zero-order chi connectivity index (χ0) is 16.2. The predicted octanol–water partition coefficient (Wildman–Crippen LogP) is 2.71. The van der Waals surface area contributed by atoms with Crippen molar-refractivity contribution in [3.63, 3.8) is 0 Å². The maximum atomic E-state index is 5.91. The van der Waals surface area contributed by atoms with E-state index in [0.29, 0.717) is 5.92 Å². The number of rotatable bonds is 5. The van der Waals surface area contributed by atoms with Crippen LogP contribution in [0.3, 0.4) is 0 Å². The second kappa shape index (κ2) is 7.23. The molecule has 1 aliphatic heterocycles. The van der Waals surface area contributed by atoms with Crippen molar-refractivity contribution in [3.05, 3.63) is 30.1 Å². The summed E-state index contributed by atoms with van der Waals surface area (Å²) >= 11 is 0. The minimum Gasteiger partial charge on any atom is -0.374 e. The molecule has 0 aliphatic carbocycles. The summed E-state index contributed by atoms with van der Waals surface area (Å²) in [5, 5.41) is 4.57. The summed E-state index contributed by atoms with van der Waals surface area (Å²) in [7, 11) is 0. The van der Waals surface area contributed by atoms with Crippen molar-refractivity contribution >= 4 is 16.7 Å². The van der Waals surface area contributed by atoms with E-state index in [4.69, 9.17) is 4.74 Å². The Labute approximate surface area is 138 Å². The van der Waals surface area contributed by atoms with Gasteiger partial charge in [0.25, 0.3) is 0 Å². The molecule has 2 aromatic rings. The van der Waals surface area contributed by atoms with Crippen molar-refractivity contribution in [3.8, 4) is 0 Å². The molecule has 0 amide bonds. The number of benzene rings is 1. The molecule has 0 bridgehead atoms. The van der Waals surface area contributed by atoms with Crippen molar-refractivity contribution in [1.29, 1.82) is 0 Å². The fraction of sp³-hybridized carbons (Fsp3) is 0.556. The third-order valence-electron chi connectivity index (χ3n) is 4.21.